The fourth-order valence-corrected chi connectivity index (χ4v) is 6.21. The van der Waals surface area contributed by atoms with E-state index in [1.807, 2.05) is 6.92 Å². The number of hydrogen-bond acceptors (Lipinski definition) is 4. The molecule has 2 bridgehead atoms. The molecule has 0 spiro atoms. The van der Waals surface area contributed by atoms with Crippen molar-refractivity contribution in [1.29, 1.82) is 5.26 Å². The molecule has 3 aromatic rings. The zero-order valence-corrected chi connectivity index (χ0v) is 19.8. The summed E-state index contributed by atoms with van der Waals surface area (Å²) >= 11 is 0. The maximum Gasteiger partial charge on any atom is 0.150 e. The minimum Gasteiger partial charge on any atom is -0.350 e. The van der Waals surface area contributed by atoms with Crippen molar-refractivity contribution in [1.82, 2.24) is 14.5 Å². The molecule has 2 fully saturated rings. The highest BCUT2D eigenvalue weighted by atomic mass is 15.3. The first kappa shape index (κ1) is 21.1. The van der Waals surface area contributed by atoms with E-state index in [-0.39, 0.29) is 0 Å². The highest BCUT2D eigenvalue weighted by Crippen LogP contribution is 2.44. The van der Waals surface area contributed by atoms with E-state index >= 15 is 0 Å². The second kappa shape index (κ2) is 7.96. The molecule has 5 nitrogen and oxygen atoms in total. The van der Waals surface area contributed by atoms with Crippen LogP contribution in [0.2, 0.25) is 6.82 Å². The summed E-state index contributed by atoms with van der Waals surface area (Å²) in [5, 5.41) is 10.4. The van der Waals surface area contributed by atoms with Crippen molar-refractivity contribution in [2.75, 3.05) is 4.90 Å². The number of nitriles is 1. The SMILES string of the molecule is C[B]c1cc(C)c(-n2cc(C)c3c(N4C5CCC4CC(CC#N)C5)nc(C)nc32)c(C)c1. The van der Waals surface area contributed by atoms with E-state index in [0.29, 0.717) is 24.4 Å². The van der Waals surface area contributed by atoms with Crippen LogP contribution in [0.3, 0.4) is 0 Å². The van der Waals surface area contributed by atoms with Gasteiger partial charge in [0.2, 0.25) is 0 Å². The third-order valence-electron chi connectivity index (χ3n) is 7.47. The molecule has 1 radical (unpaired) electrons. The summed E-state index contributed by atoms with van der Waals surface area (Å²) in [6.07, 6.45) is 7.51. The molecule has 2 aliphatic heterocycles. The van der Waals surface area contributed by atoms with Crippen LogP contribution in [-0.4, -0.2) is 33.9 Å². The van der Waals surface area contributed by atoms with E-state index in [2.05, 4.69) is 68.7 Å². The van der Waals surface area contributed by atoms with E-state index in [4.69, 9.17) is 9.97 Å². The van der Waals surface area contributed by atoms with Gasteiger partial charge in [0, 0.05) is 24.7 Å². The summed E-state index contributed by atoms with van der Waals surface area (Å²) in [7, 11) is 2.15. The van der Waals surface area contributed by atoms with Gasteiger partial charge in [0.25, 0.3) is 0 Å². The second-order valence-corrected chi connectivity index (χ2v) is 9.76. The van der Waals surface area contributed by atoms with Crippen molar-refractivity contribution in [3.05, 3.63) is 40.8 Å². The summed E-state index contributed by atoms with van der Waals surface area (Å²) in [6.45, 7) is 10.6. The Balaban J connectivity index is 1.66. The van der Waals surface area contributed by atoms with Crippen molar-refractivity contribution in [3.8, 4) is 11.8 Å². The molecular formula is C26H31BN5. The third-order valence-corrected chi connectivity index (χ3v) is 7.47. The van der Waals surface area contributed by atoms with Gasteiger partial charge in [-0.3, -0.25) is 0 Å². The summed E-state index contributed by atoms with van der Waals surface area (Å²) in [5.74, 6) is 2.44. The van der Waals surface area contributed by atoms with Gasteiger partial charge in [-0.1, -0.05) is 24.4 Å². The molecular weight excluding hydrogens is 393 g/mol. The first-order valence-electron chi connectivity index (χ1n) is 11.8. The zero-order chi connectivity index (χ0) is 22.6. The highest BCUT2D eigenvalue weighted by molar-refractivity contribution is 6.52. The van der Waals surface area contributed by atoms with Crippen LogP contribution in [0, 0.1) is 44.9 Å². The lowest BCUT2D eigenvalue weighted by molar-refractivity contribution is 0.343. The predicted octanol–water partition coefficient (Wildman–Crippen LogP) is 4.69. The molecule has 1 aromatic carbocycles. The van der Waals surface area contributed by atoms with E-state index in [1.54, 1.807) is 0 Å². The first-order valence-corrected chi connectivity index (χ1v) is 11.8. The van der Waals surface area contributed by atoms with Crippen LogP contribution >= 0.6 is 0 Å². The summed E-state index contributed by atoms with van der Waals surface area (Å²) < 4.78 is 2.28. The monoisotopic (exact) mass is 424 g/mol. The van der Waals surface area contributed by atoms with Crippen LogP contribution in [0.4, 0.5) is 5.82 Å². The lowest BCUT2D eigenvalue weighted by Gasteiger charge is -2.39. The summed E-state index contributed by atoms with van der Waals surface area (Å²) in [6, 6.07) is 7.86. The van der Waals surface area contributed by atoms with Crippen molar-refractivity contribution in [2.24, 2.45) is 5.92 Å². The molecule has 2 atom stereocenters. The number of fused-ring (bicyclic) bond motifs is 3. The normalized spacial score (nSPS) is 22.4. The molecule has 2 saturated heterocycles. The number of anilines is 1. The first-order chi connectivity index (χ1) is 15.4. The van der Waals surface area contributed by atoms with E-state index in [1.165, 1.54) is 46.1 Å². The molecule has 163 valence electrons. The van der Waals surface area contributed by atoms with Crippen LogP contribution in [0.5, 0.6) is 0 Å². The quantitative estimate of drug-likeness (QED) is 0.570. The Morgan fingerprint density at radius 1 is 1.03 bits per heavy atom. The lowest BCUT2D eigenvalue weighted by atomic mass is 9.72. The Labute approximate surface area is 191 Å². The van der Waals surface area contributed by atoms with Crippen molar-refractivity contribution in [3.63, 3.8) is 0 Å². The number of rotatable bonds is 4. The second-order valence-electron chi connectivity index (χ2n) is 9.76. The number of hydrogen-bond donors (Lipinski definition) is 0. The van der Waals surface area contributed by atoms with Gasteiger partial charge in [0.15, 0.2) is 5.65 Å². The fourth-order valence-electron chi connectivity index (χ4n) is 6.21. The maximum absolute atomic E-state index is 9.21. The predicted molar refractivity (Wildman–Crippen MR) is 131 cm³/mol. The standard InChI is InChI=1S/C26H31BN5/c1-15-10-20(27-5)11-16(2)24(15)31-14-17(3)23-25(31)29-18(4)30-26(23)32-21-6-7-22(32)13-19(12-21)8-9-28/h10-11,14,19,21-22H,6-8,12-13H2,1-5H3. The Hall–Kier alpha value is -2.81. The number of nitrogens with zero attached hydrogens (tertiary/aromatic N) is 5. The molecule has 0 amide bonds. The molecule has 32 heavy (non-hydrogen) atoms. The molecule has 0 aliphatic carbocycles. The van der Waals surface area contributed by atoms with Crippen LogP contribution in [0.1, 0.15) is 54.6 Å². The van der Waals surface area contributed by atoms with E-state index < -0.39 is 0 Å². The van der Waals surface area contributed by atoms with Crippen molar-refractivity contribution in [2.45, 2.75) is 78.7 Å². The molecule has 6 heteroatoms. The Morgan fingerprint density at radius 3 is 2.28 bits per heavy atom. The topological polar surface area (TPSA) is 57.7 Å². The van der Waals surface area contributed by atoms with Gasteiger partial charge in [-0.2, -0.15) is 5.26 Å². The summed E-state index contributed by atoms with van der Waals surface area (Å²) in [4.78, 5) is 12.5. The van der Waals surface area contributed by atoms with Gasteiger partial charge in [-0.15, -0.1) is 0 Å². The minimum atomic E-state index is 0.482. The summed E-state index contributed by atoms with van der Waals surface area (Å²) in [5.41, 5.74) is 7.20. The molecule has 5 rings (SSSR count). The highest BCUT2D eigenvalue weighted by Gasteiger charge is 2.42. The zero-order valence-electron chi connectivity index (χ0n) is 19.8. The van der Waals surface area contributed by atoms with Crippen molar-refractivity contribution >= 4 is 29.6 Å². The number of aryl methyl sites for hydroxylation is 4. The van der Waals surface area contributed by atoms with Crippen LogP contribution in [-0.2, 0) is 0 Å². The average molecular weight is 424 g/mol. The van der Waals surface area contributed by atoms with Gasteiger partial charge >= 0.3 is 0 Å². The smallest absolute Gasteiger partial charge is 0.150 e. The van der Waals surface area contributed by atoms with Gasteiger partial charge < -0.3 is 9.47 Å². The van der Waals surface area contributed by atoms with Gasteiger partial charge in [-0.25, -0.2) is 9.97 Å². The van der Waals surface area contributed by atoms with Gasteiger partial charge in [0.1, 0.15) is 18.9 Å². The van der Waals surface area contributed by atoms with E-state index in [9.17, 15) is 5.26 Å². The fraction of sp³-hybridized carbons (Fsp3) is 0.500. The van der Waals surface area contributed by atoms with E-state index in [0.717, 1.165) is 30.1 Å². The number of piperidine rings is 1. The Bertz CT molecular complexity index is 1200. The molecule has 2 aliphatic rings. The molecule has 4 heterocycles. The van der Waals surface area contributed by atoms with Gasteiger partial charge in [-0.05, 0) is 76.0 Å². The van der Waals surface area contributed by atoms with Crippen LogP contribution in [0.15, 0.2) is 18.3 Å². The third kappa shape index (κ3) is 3.30. The average Bonchev–Trinajstić information content (AvgIpc) is 3.20. The lowest BCUT2D eigenvalue weighted by Crippen LogP contribution is -2.43. The Morgan fingerprint density at radius 2 is 1.69 bits per heavy atom. The van der Waals surface area contributed by atoms with Crippen molar-refractivity contribution < 1.29 is 0 Å². The molecule has 2 aromatic heterocycles. The molecule has 0 saturated carbocycles. The molecule has 0 N–H and O–H groups in total. The van der Waals surface area contributed by atoms with Gasteiger partial charge in [0.05, 0.1) is 17.1 Å². The Kier molecular flexibility index (Phi) is 5.24. The number of benzene rings is 1. The maximum atomic E-state index is 9.21. The minimum absolute atomic E-state index is 0.482. The van der Waals surface area contributed by atoms with Crippen LogP contribution < -0.4 is 10.4 Å². The largest absolute Gasteiger partial charge is 0.350 e. The molecule has 2 unspecified atom stereocenters. The van der Waals surface area contributed by atoms with Crippen LogP contribution in [0.25, 0.3) is 16.7 Å². The number of aromatic nitrogens is 3.